The van der Waals surface area contributed by atoms with Crippen molar-refractivity contribution in [3.05, 3.63) is 0 Å². The van der Waals surface area contributed by atoms with Gasteiger partial charge in [-0.25, -0.2) is 4.18 Å². The Balaban J connectivity index is 3.62. The predicted molar refractivity (Wildman–Crippen MR) is 37.1 cm³/mol. The minimum atomic E-state index is -4.56. The Hall–Kier alpha value is -0.260. The van der Waals surface area contributed by atoms with Gasteiger partial charge in [0.05, 0.1) is 6.61 Å². The third-order valence-electron chi connectivity index (χ3n) is 0.619. The highest BCUT2D eigenvalue weighted by atomic mass is 32.3. The topological polar surface area (TPSA) is 130 Å². The van der Waals surface area contributed by atoms with Gasteiger partial charge in [-0.1, -0.05) is 0 Å². The molecule has 12 heavy (non-hydrogen) atoms. The second kappa shape index (κ2) is 4.11. The van der Waals surface area contributed by atoms with E-state index in [1.165, 1.54) is 4.72 Å². The van der Waals surface area contributed by atoms with E-state index in [4.69, 9.17) is 9.11 Å². The summed E-state index contributed by atoms with van der Waals surface area (Å²) in [5, 5.41) is 0. The first-order valence-corrected chi connectivity index (χ1v) is 5.35. The quantitative estimate of drug-likeness (QED) is 0.368. The molecule has 0 aliphatic rings. The van der Waals surface area contributed by atoms with Crippen molar-refractivity contribution in [3.63, 3.8) is 0 Å². The molecule has 0 aromatic rings. The van der Waals surface area contributed by atoms with Crippen molar-refractivity contribution in [2.45, 2.75) is 0 Å². The largest absolute Gasteiger partial charge is 0.397 e. The van der Waals surface area contributed by atoms with Crippen LogP contribution in [-0.4, -0.2) is 39.1 Å². The van der Waals surface area contributed by atoms with Gasteiger partial charge in [-0.15, -0.1) is 0 Å². The Bertz CT molecular complexity index is 279. The molecule has 0 amide bonds. The summed E-state index contributed by atoms with van der Waals surface area (Å²) in [6, 6.07) is 0. The maximum atomic E-state index is 9.93. The Labute approximate surface area is 69.4 Å². The summed E-state index contributed by atoms with van der Waals surface area (Å²) in [5.41, 5.74) is 0. The molecule has 74 valence electrons. The average Bonchev–Trinajstić information content (AvgIpc) is 1.76. The molecule has 0 aromatic carbocycles. The van der Waals surface area contributed by atoms with E-state index in [1.807, 2.05) is 0 Å². The molecule has 0 atom stereocenters. The first-order valence-electron chi connectivity index (χ1n) is 2.54. The van der Waals surface area contributed by atoms with Gasteiger partial charge < -0.3 is 0 Å². The van der Waals surface area contributed by atoms with Gasteiger partial charge in [0.15, 0.2) is 0 Å². The van der Waals surface area contributed by atoms with Gasteiger partial charge in [-0.3, -0.25) is 9.11 Å². The van der Waals surface area contributed by atoms with E-state index in [2.05, 4.69) is 4.18 Å². The zero-order chi connectivity index (χ0) is 9.83. The molecule has 0 saturated heterocycles. The van der Waals surface area contributed by atoms with E-state index in [9.17, 15) is 16.8 Å². The van der Waals surface area contributed by atoms with Crippen molar-refractivity contribution in [2.24, 2.45) is 0 Å². The van der Waals surface area contributed by atoms with Crippen LogP contribution in [0.25, 0.3) is 0 Å². The first kappa shape index (κ1) is 11.7. The lowest BCUT2D eigenvalue weighted by atomic mass is 10.8. The Morgan fingerprint density at radius 1 is 1.17 bits per heavy atom. The molecule has 0 aromatic heterocycles. The predicted octanol–water partition coefficient (Wildman–Crippen LogP) is -1.80. The van der Waals surface area contributed by atoms with Gasteiger partial charge in [-0.05, 0) is 0 Å². The molecule has 0 radical (unpaired) electrons. The molecule has 0 aliphatic heterocycles. The summed E-state index contributed by atoms with van der Waals surface area (Å²) in [6.45, 7) is -1.06. The molecule has 10 heteroatoms. The Morgan fingerprint density at radius 2 is 1.67 bits per heavy atom. The number of rotatable bonds is 5. The monoisotopic (exact) mass is 221 g/mol. The van der Waals surface area contributed by atoms with E-state index in [-0.39, 0.29) is 0 Å². The van der Waals surface area contributed by atoms with E-state index in [1.54, 1.807) is 0 Å². The molecule has 0 bridgehead atoms. The van der Waals surface area contributed by atoms with Gasteiger partial charge in [0, 0.05) is 6.54 Å². The van der Waals surface area contributed by atoms with E-state index >= 15 is 0 Å². The van der Waals surface area contributed by atoms with Crippen LogP contribution in [0.5, 0.6) is 0 Å². The van der Waals surface area contributed by atoms with Crippen LogP contribution >= 0.6 is 0 Å². The SMILES string of the molecule is O=S(=O)(O)NCCOS(=O)(=O)O. The van der Waals surface area contributed by atoms with Gasteiger partial charge >= 0.3 is 20.7 Å². The smallest absolute Gasteiger partial charge is 0.273 e. The fourth-order valence-corrected chi connectivity index (χ4v) is 0.953. The highest BCUT2D eigenvalue weighted by Gasteiger charge is 2.05. The second-order valence-electron chi connectivity index (χ2n) is 1.62. The summed E-state index contributed by atoms with van der Waals surface area (Å²) >= 11 is 0. The van der Waals surface area contributed by atoms with Crippen molar-refractivity contribution in [3.8, 4) is 0 Å². The van der Waals surface area contributed by atoms with Crippen LogP contribution < -0.4 is 4.72 Å². The normalized spacial score (nSPS) is 13.2. The number of hydrogen-bond donors (Lipinski definition) is 3. The fraction of sp³-hybridized carbons (Fsp3) is 1.00. The van der Waals surface area contributed by atoms with Crippen LogP contribution in [0.15, 0.2) is 0 Å². The Morgan fingerprint density at radius 3 is 2.00 bits per heavy atom. The van der Waals surface area contributed by atoms with Crippen LogP contribution in [0.4, 0.5) is 0 Å². The molecule has 0 spiro atoms. The minimum Gasteiger partial charge on any atom is -0.273 e. The van der Waals surface area contributed by atoms with Crippen LogP contribution in [0.1, 0.15) is 0 Å². The molecule has 0 saturated carbocycles. The number of nitrogens with one attached hydrogen (secondary N) is 1. The molecule has 0 rings (SSSR count). The van der Waals surface area contributed by atoms with Gasteiger partial charge in [0.2, 0.25) is 0 Å². The van der Waals surface area contributed by atoms with Crippen molar-refractivity contribution >= 4 is 20.7 Å². The van der Waals surface area contributed by atoms with Gasteiger partial charge in [0.1, 0.15) is 0 Å². The average molecular weight is 221 g/mol. The lowest BCUT2D eigenvalue weighted by Gasteiger charge is -1.99. The molecule has 0 aliphatic carbocycles. The molecule has 0 heterocycles. The van der Waals surface area contributed by atoms with E-state index in [0.29, 0.717) is 0 Å². The summed E-state index contributed by atoms with van der Waals surface area (Å²) in [4.78, 5) is 0. The third-order valence-corrected chi connectivity index (χ3v) is 1.65. The Kier molecular flexibility index (Phi) is 4.02. The standard InChI is InChI=1S/C2H7NO7S2/c4-11(5,6)3-1-2-10-12(7,8)9/h3H,1-2H2,(H,4,5,6)(H,7,8,9). The number of hydrogen-bond acceptors (Lipinski definition) is 5. The van der Waals surface area contributed by atoms with Crippen LogP contribution in [0.2, 0.25) is 0 Å². The molecular weight excluding hydrogens is 214 g/mol. The first-order chi connectivity index (χ1) is 5.21. The second-order valence-corrected chi connectivity index (χ2v) is 3.95. The molecule has 8 nitrogen and oxygen atoms in total. The summed E-state index contributed by atoms with van der Waals surface area (Å²) in [5.74, 6) is 0. The van der Waals surface area contributed by atoms with Crippen molar-refractivity contribution in [1.29, 1.82) is 0 Å². The van der Waals surface area contributed by atoms with E-state index in [0.717, 1.165) is 0 Å². The highest BCUT2D eigenvalue weighted by Crippen LogP contribution is 1.83. The lowest BCUT2D eigenvalue weighted by molar-refractivity contribution is 0.271. The van der Waals surface area contributed by atoms with Crippen LogP contribution in [0.3, 0.4) is 0 Å². The molecular formula is C2H7NO7S2. The maximum absolute atomic E-state index is 9.93. The third kappa shape index (κ3) is 9.74. The van der Waals surface area contributed by atoms with Crippen LogP contribution in [-0.2, 0) is 24.9 Å². The molecule has 3 N–H and O–H groups in total. The van der Waals surface area contributed by atoms with Crippen molar-refractivity contribution < 1.29 is 30.1 Å². The summed E-state index contributed by atoms with van der Waals surface area (Å²) in [7, 11) is -8.91. The zero-order valence-electron chi connectivity index (χ0n) is 5.67. The lowest BCUT2D eigenvalue weighted by Crippen LogP contribution is -2.27. The fourth-order valence-electron chi connectivity index (χ4n) is 0.318. The minimum absolute atomic E-state index is 0.460. The van der Waals surface area contributed by atoms with Gasteiger partial charge in [0.25, 0.3) is 0 Å². The molecule has 0 fully saturated rings. The van der Waals surface area contributed by atoms with Gasteiger partial charge in [-0.2, -0.15) is 21.6 Å². The highest BCUT2D eigenvalue weighted by molar-refractivity contribution is 7.83. The van der Waals surface area contributed by atoms with Crippen molar-refractivity contribution in [2.75, 3.05) is 13.2 Å². The zero-order valence-corrected chi connectivity index (χ0v) is 7.30. The summed E-state index contributed by atoms with van der Waals surface area (Å²) < 4.78 is 60.8. The summed E-state index contributed by atoms with van der Waals surface area (Å²) in [6.07, 6.45) is 0. The van der Waals surface area contributed by atoms with E-state index < -0.39 is 33.9 Å². The van der Waals surface area contributed by atoms with Crippen LogP contribution in [0, 0.1) is 0 Å². The maximum Gasteiger partial charge on any atom is 0.397 e. The van der Waals surface area contributed by atoms with Crippen molar-refractivity contribution in [1.82, 2.24) is 4.72 Å². The molecule has 0 unspecified atom stereocenters.